The predicted molar refractivity (Wildman–Crippen MR) is 65.6 cm³/mol. The van der Waals surface area contributed by atoms with Crippen LogP contribution in [0.25, 0.3) is 5.52 Å². The highest BCUT2D eigenvalue weighted by Crippen LogP contribution is 2.25. The second-order valence-corrected chi connectivity index (χ2v) is 4.21. The Kier molecular flexibility index (Phi) is 2.75. The van der Waals surface area contributed by atoms with Gasteiger partial charge in [0.15, 0.2) is 0 Å². The number of pyridine rings is 1. The van der Waals surface area contributed by atoms with Gasteiger partial charge in [0.05, 0.1) is 17.1 Å². The van der Waals surface area contributed by atoms with Gasteiger partial charge in [-0.1, -0.05) is 6.07 Å². The average Bonchev–Trinajstić information content (AvgIpc) is 2.67. The van der Waals surface area contributed by atoms with E-state index in [9.17, 15) is 4.79 Å². The average molecular weight is 233 g/mol. The van der Waals surface area contributed by atoms with Gasteiger partial charge in [-0.2, -0.15) is 0 Å². The monoisotopic (exact) mass is 233 g/mol. The number of fused-ring (bicyclic) bond motifs is 1. The number of aliphatic carboxylic acids is 1. The molecule has 1 N–H and O–H groups in total. The summed E-state index contributed by atoms with van der Waals surface area (Å²) >= 11 is 0. The molecule has 2 aromatic heterocycles. The zero-order valence-corrected chi connectivity index (χ0v) is 10.1. The molecule has 0 amide bonds. The molecule has 2 aromatic rings. The van der Waals surface area contributed by atoms with E-state index in [1.807, 2.05) is 47.8 Å². The third-order valence-electron chi connectivity index (χ3n) is 2.74. The molecule has 90 valence electrons. The number of carboxylic acids is 1. The van der Waals surface area contributed by atoms with Crippen molar-refractivity contribution in [3.63, 3.8) is 0 Å². The van der Waals surface area contributed by atoms with E-state index in [-0.39, 0.29) is 0 Å². The van der Waals surface area contributed by atoms with Crippen molar-refractivity contribution < 1.29 is 9.90 Å². The molecule has 1 unspecified atom stereocenters. The summed E-state index contributed by atoms with van der Waals surface area (Å²) in [6.07, 6.45) is 1.88. The van der Waals surface area contributed by atoms with Crippen LogP contribution in [0.5, 0.6) is 0 Å². The molecule has 0 spiro atoms. The molecule has 0 aliphatic heterocycles. The molecular weight excluding hydrogens is 218 g/mol. The van der Waals surface area contributed by atoms with Gasteiger partial charge in [0.2, 0.25) is 5.95 Å². The standard InChI is InChI=1S/C12H15N3O2/c1-8(11(16)17)10-9-6-4-5-7-15(9)12(13-10)14(2)3/h4-8H,1-3H3,(H,16,17). The van der Waals surface area contributed by atoms with Crippen LogP contribution in [-0.4, -0.2) is 34.6 Å². The number of anilines is 1. The van der Waals surface area contributed by atoms with Crippen LogP contribution in [0.3, 0.4) is 0 Å². The Labute approximate surface area is 99.3 Å². The van der Waals surface area contributed by atoms with Crippen LogP contribution in [0.2, 0.25) is 0 Å². The summed E-state index contributed by atoms with van der Waals surface area (Å²) in [5.74, 6) is -0.732. The lowest BCUT2D eigenvalue weighted by Gasteiger charge is -2.09. The maximum Gasteiger partial charge on any atom is 0.312 e. The molecule has 0 fully saturated rings. The first kappa shape index (κ1) is 11.4. The number of nitrogens with zero attached hydrogens (tertiary/aromatic N) is 3. The maximum absolute atomic E-state index is 11.1. The van der Waals surface area contributed by atoms with Crippen molar-refractivity contribution in [2.24, 2.45) is 0 Å². The van der Waals surface area contributed by atoms with Crippen LogP contribution in [0.15, 0.2) is 24.4 Å². The Balaban J connectivity index is 2.68. The topological polar surface area (TPSA) is 57.8 Å². The predicted octanol–water partition coefficient (Wildman–Crippen LogP) is 1.59. The lowest BCUT2D eigenvalue weighted by atomic mass is 10.1. The van der Waals surface area contributed by atoms with E-state index >= 15 is 0 Å². The summed E-state index contributed by atoms with van der Waals surface area (Å²) in [6, 6.07) is 5.67. The van der Waals surface area contributed by atoms with Crippen LogP contribution in [0.1, 0.15) is 18.5 Å². The molecule has 0 radical (unpaired) electrons. The summed E-state index contributed by atoms with van der Waals surface area (Å²) in [5.41, 5.74) is 1.44. The molecule has 2 rings (SSSR count). The smallest absolute Gasteiger partial charge is 0.312 e. The van der Waals surface area contributed by atoms with Gasteiger partial charge in [-0.05, 0) is 19.1 Å². The second-order valence-electron chi connectivity index (χ2n) is 4.21. The number of aromatic nitrogens is 2. The first-order valence-corrected chi connectivity index (χ1v) is 5.39. The number of carboxylic acid groups (broad SMARTS) is 1. The fourth-order valence-corrected chi connectivity index (χ4v) is 1.80. The highest BCUT2D eigenvalue weighted by atomic mass is 16.4. The van der Waals surface area contributed by atoms with Gasteiger partial charge in [0, 0.05) is 20.3 Å². The van der Waals surface area contributed by atoms with Gasteiger partial charge < -0.3 is 10.0 Å². The molecular formula is C12H15N3O2. The quantitative estimate of drug-likeness (QED) is 0.874. The largest absolute Gasteiger partial charge is 0.481 e. The molecule has 2 heterocycles. The van der Waals surface area contributed by atoms with Gasteiger partial charge in [-0.25, -0.2) is 4.98 Å². The SMILES string of the molecule is CC(C(=O)O)c1nc(N(C)C)n2ccccc12. The summed E-state index contributed by atoms with van der Waals surface area (Å²) in [6.45, 7) is 1.65. The zero-order valence-electron chi connectivity index (χ0n) is 10.1. The Morgan fingerprint density at radius 2 is 2.18 bits per heavy atom. The maximum atomic E-state index is 11.1. The van der Waals surface area contributed by atoms with Gasteiger partial charge >= 0.3 is 5.97 Å². The number of hydrogen-bond acceptors (Lipinski definition) is 3. The fourth-order valence-electron chi connectivity index (χ4n) is 1.80. The molecule has 17 heavy (non-hydrogen) atoms. The summed E-state index contributed by atoms with van der Waals surface area (Å²) in [4.78, 5) is 17.3. The molecule has 5 nitrogen and oxygen atoms in total. The first-order chi connectivity index (χ1) is 8.02. The molecule has 5 heteroatoms. The van der Waals surface area contributed by atoms with E-state index in [2.05, 4.69) is 4.98 Å². The van der Waals surface area contributed by atoms with E-state index in [0.29, 0.717) is 5.69 Å². The fraction of sp³-hybridized carbons (Fsp3) is 0.333. The van der Waals surface area contributed by atoms with Crippen molar-refractivity contribution in [1.29, 1.82) is 0 Å². The highest BCUT2D eigenvalue weighted by Gasteiger charge is 2.22. The van der Waals surface area contributed by atoms with Crippen molar-refractivity contribution >= 4 is 17.4 Å². The normalized spacial score (nSPS) is 12.6. The third-order valence-corrected chi connectivity index (χ3v) is 2.74. The molecule has 0 aliphatic rings. The van der Waals surface area contributed by atoms with Crippen LogP contribution in [0, 0.1) is 0 Å². The second kappa shape index (κ2) is 4.08. The minimum atomic E-state index is -0.862. The minimum absolute atomic E-state index is 0.599. The van der Waals surface area contributed by atoms with E-state index in [4.69, 9.17) is 5.11 Å². The summed E-state index contributed by atoms with van der Waals surface area (Å²) in [5, 5.41) is 9.08. The lowest BCUT2D eigenvalue weighted by Crippen LogP contribution is -2.12. The number of imidazole rings is 1. The van der Waals surface area contributed by atoms with E-state index in [1.165, 1.54) is 0 Å². The van der Waals surface area contributed by atoms with Gasteiger partial charge in [0.25, 0.3) is 0 Å². The van der Waals surface area contributed by atoms with E-state index in [0.717, 1.165) is 11.5 Å². The summed E-state index contributed by atoms with van der Waals surface area (Å²) in [7, 11) is 3.77. The van der Waals surface area contributed by atoms with Gasteiger partial charge in [0.1, 0.15) is 0 Å². The molecule has 0 bridgehead atoms. The lowest BCUT2D eigenvalue weighted by molar-refractivity contribution is -0.138. The van der Waals surface area contributed by atoms with Crippen LogP contribution in [-0.2, 0) is 4.79 Å². The van der Waals surface area contributed by atoms with Gasteiger partial charge in [-0.15, -0.1) is 0 Å². The Hall–Kier alpha value is -2.04. The van der Waals surface area contributed by atoms with Crippen molar-refractivity contribution in [3.8, 4) is 0 Å². The molecule has 0 aromatic carbocycles. The van der Waals surface area contributed by atoms with Gasteiger partial charge in [-0.3, -0.25) is 9.20 Å². The Morgan fingerprint density at radius 3 is 2.76 bits per heavy atom. The Morgan fingerprint density at radius 1 is 1.47 bits per heavy atom. The van der Waals surface area contributed by atoms with Crippen LogP contribution in [0.4, 0.5) is 5.95 Å². The third kappa shape index (κ3) is 1.84. The number of carbonyl (C=O) groups is 1. The van der Waals surface area contributed by atoms with Crippen molar-refractivity contribution in [1.82, 2.24) is 9.38 Å². The van der Waals surface area contributed by atoms with E-state index < -0.39 is 11.9 Å². The zero-order chi connectivity index (χ0) is 12.6. The number of hydrogen-bond donors (Lipinski definition) is 1. The minimum Gasteiger partial charge on any atom is -0.481 e. The number of rotatable bonds is 3. The van der Waals surface area contributed by atoms with Crippen molar-refractivity contribution in [2.45, 2.75) is 12.8 Å². The Bertz CT molecular complexity index is 560. The molecule has 0 saturated heterocycles. The molecule has 0 aliphatic carbocycles. The van der Waals surface area contributed by atoms with E-state index in [1.54, 1.807) is 6.92 Å². The highest BCUT2D eigenvalue weighted by molar-refractivity contribution is 5.79. The van der Waals surface area contributed by atoms with Crippen molar-refractivity contribution in [2.75, 3.05) is 19.0 Å². The first-order valence-electron chi connectivity index (χ1n) is 5.39. The molecule has 1 atom stereocenters. The van der Waals surface area contributed by atoms with Crippen molar-refractivity contribution in [3.05, 3.63) is 30.1 Å². The van der Waals surface area contributed by atoms with Crippen LogP contribution >= 0.6 is 0 Å². The van der Waals surface area contributed by atoms with Crippen LogP contribution < -0.4 is 4.90 Å². The molecule has 0 saturated carbocycles. The summed E-state index contributed by atoms with van der Waals surface area (Å²) < 4.78 is 1.90.